The molecule has 0 aliphatic carbocycles. The molecule has 156 valence electrons. The standard InChI is InChI=1S/C21H25FN2O2.CH2O2/c1-24-13-11-20(12-14-24)26-19-8-6-18(7-9-19)23-21(25)10-5-16-3-2-4-17(22)15-16;2-1-3/h2-4,6-9,15,20H,5,10-14H2,1H3,(H,23,25);1H,(H,2,3). The molecule has 0 aromatic heterocycles. The van der Waals surface area contributed by atoms with Gasteiger partial charge in [0.1, 0.15) is 17.7 Å². The van der Waals surface area contributed by atoms with Crippen LogP contribution in [0.25, 0.3) is 0 Å². The number of piperidine rings is 1. The summed E-state index contributed by atoms with van der Waals surface area (Å²) in [5.74, 6) is 0.471. The predicted molar refractivity (Wildman–Crippen MR) is 110 cm³/mol. The molecule has 0 radical (unpaired) electrons. The third kappa shape index (κ3) is 8.31. The number of carbonyl (C=O) groups excluding carboxylic acids is 1. The van der Waals surface area contributed by atoms with Crippen molar-refractivity contribution in [1.82, 2.24) is 4.90 Å². The van der Waals surface area contributed by atoms with Crippen LogP contribution in [0.15, 0.2) is 48.5 Å². The van der Waals surface area contributed by atoms with Crippen LogP contribution in [0.4, 0.5) is 10.1 Å². The van der Waals surface area contributed by atoms with Gasteiger partial charge in [0.2, 0.25) is 5.91 Å². The van der Waals surface area contributed by atoms with Gasteiger partial charge in [-0.2, -0.15) is 0 Å². The number of carbonyl (C=O) groups is 2. The van der Waals surface area contributed by atoms with E-state index < -0.39 is 0 Å². The number of benzene rings is 2. The highest BCUT2D eigenvalue weighted by molar-refractivity contribution is 5.90. The van der Waals surface area contributed by atoms with Gasteiger partial charge in [-0.3, -0.25) is 9.59 Å². The Balaban J connectivity index is 0.000000941. The van der Waals surface area contributed by atoms with Crippen LogP contribution in [0.3, 0.4) is 0 Å². The van der Waals surface area contributed by atoms with E-state index in [0.29, 0.717) is 12.8 Å². The van der Waals surface area contributed by atoms with E-state index in [9.17, 15) is 9.18 Å². The van der Waals surface area contributed by atoms with E-state index in [1.807, 2.05) is 30.3 Å². The number of anilines is 1. The lowest BCUT2D eigenvalue weighted by Gasteiger charge is -2.29. The SMILES string of the molecule is CN1CCC(Oc2ccc(NC(=O)CCc3cccc(F)c3)cc2)CC1.O=CO. The quantitative estimate of drug-likeness (QED) is 0.722. The molecule has 29 heavy (non-hydrogen) atoms. The van der Waals surface area contributed by atoms with Crippen LogP contribution in [0.1, 0.15) is 24.8 Å². The lowest BCUT2D eigenvalue weighted by molar-refractivity contribution is -0.123. The molecule has 6 nitrogen and oxygen atoms in total. The topological polar surface area (TPSA) is 78.9 Å². The molecule has 7 heteroatoms. The number of carboxylic acid groups (broad SMARTS) is 1. The van der Waals surface area contributed by atoms with Crippen molar-refractivity contribution in [2.45, 2.75) is 31.8 Å². The molecule has 1 aliphatic rings. The minimum absolute atomic E-state index is 0.0850. The third-order valence-electron chi connectivity index (χ3n) is 4.64. The van der Waals surface area contributed by atoms with Gasteiger partial charge >= 0.3 is 0 Å². The summed E-state index contributed by atoms with van der Waals surface area (Å²) in [7, 11) is 2.13. The first-order chi connectivity index (χ1) is 14.0. The summed E-state index contributed by atoms with van der Waals surface area (Å²) < 4.78 is 19.2. The first-order valence-corrected chi connectivity index (χ1v) is 9.57. The van der Waals surface area contributed by atoms with Crippen molar-refractivity contribution >= 4 is 18.1 Å². The van der Waals surface area contributed by atoms with Gasteiger partial charge in [-0.1, -0.05) is 12.1 Å². The molecule has 2 aromatic carbocycles. The minimum Gasteiger partial charge on any atom is -0.490 e. The molecule has 0 unspecified atom stereocenters. The van der Waals surface area contributed by atoms with Crippen molar-refractivity contribution in [3.8, 4) is 5.75 Å². The van der Waals surface area contributed by atoms with Crippen LogP contribution in [-0.2, 0) is 16.0 Å². The number of ether oxygens (including phenoxy) is 1. The van der Waals surface area contributed by atoms with Gasteiger partial charge in [0, 0.05) is 25.2 Å². The number of amides is 1. The average Bonchev–Trinajstić information content (AvgIpc) is 2.70. The normalized spacial score (nSPS) is 14.4. The number of hydrogen-bond donors (Lipinski definition) is 2. The van der Waals surface area contributed by atoms with Crippen LogP contribution in [0.2, 0.25) is 0 Å². The fourth-order valence-corrected chi connectivity index (χ4v) is 3.09. The molecule has 2 aromatic rings. The molecular weight excluding hydrogens is 375 g/mol. The number of hydrogen-bond acceptors (Lipinski definition) is 4. The van der Waals surface area contributed by atoms with E-state index >= 15 is 0 Å². The molecule has 1 saturated heterocycles. The number of halogens is 1. The van der Waals surface area contributed by atoms with Crippen LogP contribution in [0.5, 0.6) is 5.75 Å². The molecule has 1 amide bonds. The molecule has 2 N–H and O–H groups in total. The lowest BCUT2D eigenvalue weighted by atomic mass is 10.1. The Morgan fingerprint density at radius 1 is 1.24 bits per heavy atom. The minimum atomic E-state index is -0.275. The van der Waals surface area contributed by atoms with E-state index in [4.69, 9.17) is 14.6 Å². The van der Waals surface area contributed by atoms with E-state index in [1.54, 1.807) is 6.07 Å². The Hall–Kier alpha value is -2.93. The first-order valence-electron chi connectivity index (χ1n) is 9.57. The molecule has 0 bridgehead atoms. The fourth-order valence-electron chi connectivity index (χ4n) is 3.09. The zero-order chi connectivity index (χ0) is 21.1. The summed E-state index contributed by atoms with van der Waals surface area (Å²) in [5.41, 5.74) is 1.56. The fraction of sp³-hybridized carbons (Fsp3) is 0.364. The first kappa shape index (κ1) is 22.4. The Kier molecular flexibility index (Phi) is 9.11. The number of likely N-dealkylation sites (tertiary alicyclic amines) is 1. The second-order valence-electron chi connectivity index (χ2n) is 6.93. The summed E-state index contributed by atoms with van der Waals surface area (Å²) in [4.78, 5) is 22.7. The Bertz CT molecular complexity index is 775. The highest BCUT2D eigenvalue weighted by Crippen LogP contribution is 2.21. The van der Waals surface area contributed by atoms with Crippen LogP contribution >= 0.6 is 0 Å². The number of nitrogens with one attached hydrogen (secondary N) is 1. The Labute approximate surface area is 170 Å². The molecule has 1 aliphatic heterocycles. The molecule has 3 rings (SSSR count). The van der Waals surface area contributed by atoms with Gasteiger partial charge < -0.3 is 20.1 Å². The van der Waals surface area contributed by atoms with Crippen LogP contribution in [0, 0.1) is 5.82 Å². The number of nitrogens with zero attached hydrogens (tertiary/aromatic N) is 1. The average molecular weight is 402 g/mol. The van der Waals surface area contributed by atoms with Gasteiger partial charge in [-0.15, -0.1) is 0 Å². The van der Waals surface area contributed by atoms with Crippen LogP contribution in [-0.4, -0.2) is 48.6 Å². The Morgan fingerprint density at radius 3 is 2.52 bits per heavy atom. The summed E-state index contributed by atoms with van der Waals surface area (Å²) in [6, 6.07) is 13.8. The summed E-state index contributed by atoms with van der Waals surface area (Å²) in [6.07, 6.45) is 3.17. The van der Waals surface area contributed by atoms with Crippen molar-refractivity contribution < 1.29 is 23.8 Å². The van der Waals surface area contributed by atoms with E-state index in [1.165, 1.54) is 12.1 Å². The highest BCUT2D eigenvalue weighted by Gasteiger charge is 2.17. The third-order valence-corrected chi connectivity index (χ3v) is 4.64. The molecule has 1 heterocycles. The smallest absolute Gasteiger partial charge is 0.290 e. The van der Waals surface area contributed by atoms with Crippen LogP contribution < -0.4 is 10.1 Å². The zero-order valence-electron chi connectivity index (χ0n) is 16.5. The molecule has 0 saturated carbocycles. The van der Waals surface area contributed by atoms with Crippen molar-refractivity contribution in [3.63, 3.8) is 0 Å². The highest BCUT2D eigenvalue weighted by atomic mass is 19.1. The van der Waals surface area contributed by atoms with Gasteiger partial charge in [0.15, 0.2) is 0 Å². The molecule has 1 fully saturated rings. The monoisotopic (exact) mass is 402 g/mol. The van der Waals surface area contributed by atoms with Gasteiger partial charge in [0.05, 0.1) is 0 Å². The van der Waals surface area contributed by atoms with Gasteiger partial charge in [-0.25, -0.2) is 4.39 Å². The molecular formula is C22H27FN2O4. The maximum atomic E-state index is 13.1. The second kappa shape index (κ2) is 11.8. The molecule has 0 spiro atoms. The number of rotatable bonds is 6. The lowest BCUT2D eigenvalue weighted by Crippen LogP contribution is -2.35. The van der Waals surface area contributed by atoms with Crippen molar-refractivity contribution in [2.75, 3.05) is 25.5 Å². The largest absolute Gasteiger partial charge is 0.490 e. The van der Waals surface area contributed by atoms with E-state index in [-0.39, 0.29) is 24.3 Å². The van der Waals surface area contributed by atoms with Gasteiger partial charge in [-0.05, 0) is 68.3 Å². The summed E-state index contributed by atoms with van der Waals surface area (Å²) in [6.45, 7) is 1.87. The maximum absolute atomic E-state index is 13.1. The second-order valence-corrected chi connectivity index (χ2v) is 6.93. The van der Waals surface area contributed by atoms with Crippen molar-refractivity contribution in [1.29, 1.82) is 0 Å². The summed E-state index contributed by atoms with van der Waals surface area (Å²) in [5, 5.41) is 9.76. The zero-order valence-corrected chi connectivity index (χ0v) is 16.5. The van der Waals surface area contributed by atoms with Gasteiger partial charge in [0.25, 0.3) is 6.47 Å². The van der Waals surface area contributed by atoms with E-state index in [0.717, 1.165) is 42.9 Å². The van der Waals surface area contributed by atoms with Crippen molar-refractivity contribution in [2.24, 2.45) is 0 Å². The predicted octanol–water partition coefficient (Wildman–Crippen LogP) is 3.57. The Morgan fingerprint density at radius 2 is 1.90 bits per heavy atom. The van der Waals surface area contributed by atoms with E-state index in [2.05, 4.69) is 17.3 Å². The maximum Gasteiger partial charge on any atom is 0.290 e. The van der Waals surface area contributed by atoms with Crippen molar-refractivity contribution in [3.05, 3.63) is 59.9 Å². The summed E-state index contributed by atoms with van der Waals surface area (Å²) >= 11 is 0. The molecule has 0 atom stereocenters. The number of aryl methyl sites for hydroxylation is 1.